The van der Waals surface area contributed by atoms with Gasteiger partial charge in [-0.15, -0.1) is 0 Å². The standard InChI is InChI=1S/C12H24N2/c1-10-4-7-14(8-11(10)2)9-12(13)5-3-6-12/h10-11H,3-9,13H2,1-2H3. The van der Waals surface area contributed by atoms with Gasteiger partial charge in [-0.1, -0.05) is 13.8 Å². The molecule has 2 N–H and O–H groups in total. The van der Waals surface area contributed by atoms with Crippen LogP contribution < -0.4 is 5.73 Å². The van der Waals surface area contributed by atoms with E-state index in [1.165, 1.54) is 38.8 Å². The molecule has 2 aliphatic rings. The minimum atomic E-state index is 0.181. The minimum absolute atomic E-state index is 0.181. The van der Waals surface area contributed by atoms with E-state index in [-0.39, 0.29) is 5.54 Å². The lowest BCUT2D eigenvalue weighted by Gasteiger charge is -2.45. The second-order valence-electron chi connectivity index (χ2n) is 5.69. The Bertz CT molecular complexity index is 198. The Kier molecular flexibility index (Phi) is 2.85. The molecule has 1 aliphatic carbocycles. The van der Waals surface area contributed by atoms with Crippen molar-refractivity contribution in [2.75, 3.05) is 19.6 Å². The molecule has 1 aliphatic heterocycles. The van der Waals surface area contributed by atoms with Crippen molar-refractivity contribution in [3.05, 3.63) is 0 Å². The first-order valence-electron chi connectivity index (χ1n) is 6.10. The molecule has 0 aromatic rings. The highest BCUT2D eigenvalue weighted by Gasteiger charge is 2.35. The third-order valence-electron chi connectivity index (χ3n) is 4.31. The van der Waals surface area contributed by atoms with Gasteiger partial charge in [-0.05, 0) is 44.1 Å². The van der Waals surface area contributed by atoms with E-state index in [0.717, 1.165) is 18.4 Å². The Labute approximate surface area is 87.8 Å². The fourth-order valence-corrected chi connectivity index (χ4v) is 2.73. The van der Waals surface area contributed by atoms with Gasteiger partial charge in [-0.3, -0.25) is 0 Å². The summed E-state index contributed by atoms with van der Waals surface area (Å²) in [7, 11) is 0. The lowest BCUT2D eigenvalue weighted by atomic mass is 9.76. The number of piperidine rings is 1. The number of hydrogen-bond donors (Lipinski definition) is 1. The van der Waals surface area contributed by atoms with Gasteiger partial charge in [0.25, 0.3) is 0 Å². The van der Waals surface area contributed by atoms with Crippen LogP contribution in [0.15, 0.2) is 0 Å². The normalized spacial score (nSPS) is 37.9. The second kappa shape index (κ2) is 3.82. The van der Waals surface area contributed by atoms with Gasteiger partial charge < -0.3 is 10.6 Å². The molecule has 1 saturated heterocycles. The average molecular weight is 196 g/mol. The smallest absolute Gasteiger partial charge is 0.0283 e. The summed E-state index contributed by atoms with van der Waals surface area (Å²) in [4.78, 5) is 2.59. The molecule has 82 valence electrons. The molecule has 2 nitrogen and oxygen atoms in total. The summed E-state index contributed by atoms with van der Waals surface area (Å²) in [5.74, 6) is 1.76. The monoisotopic (exact) mass is 196 g/mol. The van der Waals surface area contributed by atoms with Crippen LogP contribution in [0.2, 0.25) is 0 Å². The number of nitrogens with zero attached hydrogens (tertiary/aromatic N) is 1. The molecule has 2 heteroatoms. The molecular weight excluding hydrogens is 172 g/mol. The summed E-state index contributed by atoms with van der Waals surface area (Å²) in [6.45, 7) is 8.43. The molecular formula is C12H24N2. The number of likely N-dealkylation sites (tertiary alicyclic amines) is 1. The van der Waals surface area contributed by atoms with Gasteiger partial charge >= 0.3 is 0 Å². The maximum Gasteiger partial charge on any atom is 0.0283 e. The zero-order valence-corrected chi connectivity index (χ0v) is 9.63. The van der Waals surface area contributed by atoms with Gasteiger partial charge in [-0.2, -0.15) is 0 Å². The minimum Gasteiger partial charge on any atom is -0.324 e. The van der Waals surface area contributed by atoms with E-state index in [2.05, 4.69) is 18.7 Å². The van der Waals surface area contributed by atoms with Crippen LogP contribution in [0.5, 0.6) is 0 Å². The Morgan fingerprint density at radius 2 is 2.00 bits per heavy atom. The van der Waals surface area contributed by atoms with Gasteiger partial charge in [0.15, 0.2) is 0 Å². The fourth-order valence-electron chi connectivity index (χ4n) is 2.73. The predicted octanol–water partition coefficient (Wildman–Crippen LogP) is 1.85. The maximum absolute atomic E-state index is 6.27. The van der Waals surface area contributed by atoms with Crippen LogP contribution in [-0.4, -0.2) is 30.1 Å². The van der Waals surface area contributed by atoms with E-state index in [9.17, 15) is 0 Å². The molecule has 1 saturated carbocycles. The van der Waals surface area contributed by atoms with E-state index in [0.29, 0.717) is 0 Å². The highest BCUT2D eigenvalue weighted by atomic mass is 15.2. The summed E-state index contributed by atoms with van der Waals surface area (Å²) < 4.78 is 0. The Hall–Kier alpha value is -0.0800. The van der Waals surface area contributed by atoms with Gasteiger partial charge in [0.05, 0.1) is 0 Å². The lowest BCUT2D eigenvalue weighted by Crippen LogP contribution is -2.56. The van der Waals surface area contributed by atoms with Crippen molar-refractivity contribution in [3.8, 4) is 0 Å². The van der Waals surface area contributed by atoms with Crippen molar-refractivity contribution in [2.45, 2.75) is 45.1 Å². The lowest BCUT2D eigenvalue weighted by molar-refractivity contribution is 0.0849. The molecule has 2 rings (SSSR count). The van der Waals surface area contributed by atoms with E-state index < -0.39 is 0 Å². The van der Waals surface area contributed by atoms with Crippen molar-refractivity contribution >= 4 is 0 Å². The molecule has 2 fully saturated rings. The average Bonchev–Trinajstić information content (AvgIpc) is 2.09. The van der Waals surface area contributed by atoms with Crippen LogP contribution in [0.25, 0.3) is 0 Å². The first-order valence-corrected chi connectivity index (χ1v) is 6.10. The number of nitrogens with two attached hydrogens (primary N) is 1. The van der Waals surface area contributed by atoms with Crippen LogP contribution >= 0.6 is 0 Å². The first kappa shape index (κ1) is 10.4. The molecule has 0 amide bonds. The molecule has 1 heterocycles. The number of hydrogen-bond acceptors (Lipinski definition) is 2. The second-order valence-corrected chi connectivity index (χ2v) is 5.69. The zero-order valence-electron chi connectivity index (χ0n) is 9.63. The first-order chi connectivity index (χ1) is 6.59. The van der Waals surface area contributed by atoms with E-state index in [1.54, 1.807) is 0 Å². The summed E-state index contributed by atoms with van der Waals surface area (Å²) in [6, 6.07) is 0. The summed E-state index contributed by atoms with van der Waals surface area (Å²) >= 11 is 0. The van der Waals surface area contributed by atoms with Crippen molar-refractivity contribution in [2.24, 2.45) is 17.6 Å². The zero-order chi connectivity index (χ0) is 10.2. The SMILES string of the molecule is CC1CCN(CC2(N)CCC2)CC1C. The van der Waals surface area contributed by atoms with E-state index in [1.807, 2.05) is 0 Å². The van der Waals surface area contributed by atoms with Gasteiger partial charge in [0, 0.05) is 18.6 Å². The molecule has 0 aromatic carbocycles. The maximum atomic E-state index is 6.27. The Morgan fingerprint density at radius 3 is 2.50 bits per heavy atom. The Balaban J connectivity index is 1.81. The van der Waals surface area contributed by atoms with Crippen molar-refractivity contribution in [3.63, 3.8) is 0 Å². The molecule has 0 bridgehead atoms. The molecule has 0 aromatic heterocycles. The number of rotatable bonds is 2. The van der Waals surface area contributed by atoms with E-state index in [4.69, 9.17) is 5.73 Å². The molecule has 2 unspecified atom stereocenters. The van der Waals surface area contributed by atoms with Crippen molar-refractivity contribution in [1.82, 2.24) is 4.90 Å². The summed E-state index contributed by atoms with van der Waals surface area (Å²) in [5.41, 5.74) is 6.45. The molecule has 14 heavy (non-hydrogen) atoms. The Morgan fingerprint density at radius 1 is 1.29 bits per heavy atom. The quantitative estimate of drug-likeness (QED) is 0.730. The third kappa shape index (κ3) is 2.12. The highest BCUT2D eigenvalue weighted by molar-refractivity contribution is 4.96. The molecule has 2 atom stereocenters. The van der Waals surface area contributed by atoms with Crippen molar-refractivity contribution in [1.29, 1.82) is 0 Å². The highest BCUT2D eigenvalue weighted by Crippen LogP contribution is 2.32. The predicted molar refractivity (Wildman–Crippen MR) is 60.2 cm³/mol. The third-order valence-corrected chi connectivity index (χ3v) is 4.31. The molecule has 0 spiro atoms. The van der Waals surface area contributed by atoms with E-state index >= 15 is 0 Å². The van der Waals surface area contributed by atoms with Crippen molar-refractivity contribution < 1.29 is 0 Å². The fraction of sp³-hybridized carbons (Fsp3) is 1.00. The topological polar surface area (TPSA) is 29.3 Å². The largest absolute Gasteiger partial charge is 0.324 e. The van der Waals surface area contributed by atoms with Crippen LogP contribution in [0.3, 0.4) is 0 Å². The van der Waals surface area contributed by atoms with Crippen LogP contribution in [0, 0.1) is 11.8 Å². The van der Waals surface area contributed by atoms with Crippen LogP contribution in [0.4, 0.5) is 0 Å². The van der Waals surface area contributed by atoms with Gasteiger partial charge in [0.2, 0.25) is 0 Å². The summed E-state index contributed by atoms with van der Waals surface area (Å²) in [5, 5.41) is 0. The molecule has 0 radical (unpaired) electrons. The van der Waals surface area contributed by atoms with Crippen LogP contribution in [-0.2, 0) is 0 Å². The summed E-state index contributed by atoms with van der Waals surface area (Å²) in [6.07, 6.45) is 5.19. The van der Waals surface area contributed by atoms with Gasteiger partial charge in [0.1, 0.15) is 0 Å². The van der Waals surface area contributed by atoms with Crippen LogP contribution in [0.1, 0.15) is 39.5 Å². The van der Waals surface area contributed by atoms with Gasteiger partial charge in [-0.25, -0.2) is 0 Å².